The zero-order chi connectivity index (χ0) is 11.7. The van der Waals surface area contributed by atoms with Gasteiger partial charge in [0.25, 0.3) is 5.91 Å². The molecule has 2 rings (SSSR count). The van der Waals surface area contributed by atoms with Crippen LogP contribution in [0.15, 0.2) is 0 Å². The Morgan fingerprint density at radius 1 is 1.44 bits per heavy atom. The van der Waals surface area contributed by atoms with Crippen LogP contribution in [0.2, 0.25) is 4.47 Å². The molecule has 6 heteroatoms. The predicted molar refractivity (Wildman–Crippen MR) is 63.7 cm³/mol. The first-order chi connectivity index (χ1) is 7.58. The van der Waals surface area contributed by atoms with Gasteiger partial charge in [0.15, 0.2) is 0 Å². The molecular formula is C10H14ClN3OS. The standard InChI is InChI=1S/C10H14ClN3OS/c1-5-3-4-7(6(5)2)12-8(15)9-13-14-10(11)16-9/h5-7H,3-4H2,1-2H3,(H,12,15). The summed E-state index contributed by atoms with van der Waals surface area (Å²) in [5.74, 6) is 1.03. The Bertz CT molecular complexity index is 395. The summed E-state index contributed by atoms with van der Waals surface area (Å²) in [5, 5.41) is 10.7. The Morgan fingerprint density at radius 3 is 2.69 bits per heavy atom. The first-order valence-electron chi connectivity index (χ1n) is 5.38. The Morgan fingerprint density at radius 2 is 2.19 bits per heavy atom. The van der Waals surface area contributed by atoms with Crippen molar-refractivity contribution in [3.8, 4) is 0 Å². The van der Waals surface area contributed by atoms with Crippen LogP contribution >= 0.6 is 22.9 Å². The number of hydrogen-bond acceptors (Lipinski definition) is 4. The molecule has 0 aromatic carbocycles. The minimum absolute atomic E-state index is 0.157. The fourth-order valence-electron chi connectivity index (χ4n) is 2.10. The number of halogens is 1. The Balaban J connectivity index is 1.98. The van der Waals surface area contributed by atoms with Crippen molar-refractivity contribution in [1.29, 1.82) is 0 Å². The van der Waals surface area contributed by atoms with Gasteiger partial charge in [-0.05, 0) is 36.3 Å². The largest absolute Gasteiger partial charge is 0.347 e. The fourth-order valence-corrected chi connectivity index (χ4v) is 2.83. The number of nitrogens with zero attached hydrogens (tertiary/aromatic N) is 2. The van der Waals surface area contributed by atoms with E-state index in [9.17, 15) is 4.79 Å². The van der Waals surface area contributed by atoms with Crippen LogP contribution in [0.3, 0.4) is 0 Å². The van der Waals surface area contributed by atoms with Crippen LogP contribution in [-0.2, 0) is 0 Å². The lowest BCUT2D eigenvalue weighted by atomic mass is 9.98. The van der Waals surface area contributed by atoms with Gasteiger partial charge < -0.3 is 5.32 Å². The Labute approximate surface area is 103 Å². The van der Waals surface area contributed by atoms with E-state index in [0.29, 0.717) is 21.3 Å². The third kappa shape index (κ3) is 2.35. The van der Waals surface area contributed by atoms with Gasteiger partial charge in [-0.15, -0.1) is 10.2 Å². The molecule has 1 N–H and O–H groups in total. The molecule has 0 aliphatic heterocycles. The topological polar surface area (TPSA) is 54.9 Å². The van der Waals surface area contributed by atoms with Crippen molar-refractivity contribution >= 4 is 28.8 Å². The first kappa shape index (κ1) is 11.8. The van der Waals surface area contributed by atoms with Gasteiger partial charge in [-0.3, -0.25) is 4.79 Å². The molecule has 0 radical (unpaired) electrons. The molecular weight excluding hydrogens is 246 g/mol. The van der Waals surface area contributed by atoms with Gasteiger partial charge >= 0.3 is 0 Å². The molecule has 4 nitrogen and oxygen atoms in total. The normalized spacial score (nSPS) is 29.3. The molecule has 1 amide bonds. The van der Waals surface area contributed by atoms with Crippen LogP contribution in [0.25, 0.3) is 0 Å². The second-order valence-corrected chi connectivity index (χ2v) is 5.91. The fraction of sp³-hybridized carbons (Fsp3) is 0.700. The molecule has 1 aromatic heterocycles. The van der Waals surface area contributed by atoms with E-state index in [1.165, 1.54) is 6.42 Å². The van der Waals surface area contributed by atoms with E-state index in [1.54, 1.807) is 0 Å². The molecule has 1 aromatic rings. The van der Waals surface area contributed by atoms with E-state index in [0.717, 1.165) is 17.8 Å². The van der Waals surface area contributed by atoms with Gasteiger partial charge in [0.2, 0.25) is 9.47 Å². The van der Waals surface area contributed by atoms with Gasteiger partial charge in [0.1, 0.15) is 0 Å². The summed E-state index contributed by atoms with van der Waals surface area (Å²) in [4.78, 5) is 11.8. The minimum atomic E-state index is -0.157. The quantitative estimate of drug-likeness (QED) is 0.887. The molecule has 0 saturated heterocycles. The highest BCUT2D eigenvalue weighted by Crippen LogP contribution is 2.31. The van der Waals surface area contributed by atoms with Crippen LogP contribution in [0, 0.1) is 11.8 Å². The predicted octanol–water partition coefficient (Wildman–Crippen LogP) is 2.36. The van der Waals surface area contributed by atoms with Gasteiger partial charge in [-0.2, -0.15) is 0 Å². The molecule has 3 atom stereocenters. The lowest BCUT2D eigenvalue weighted by Gasteiger charge is -2.18. The maximum atomic E-state index is 11.8. The average molecular weight is 260 g/mol. The molecule has 1 aliphatic rings. The highest BCUT2D eigenvalue weighted by Gasteiger charge is 2.31. The van der Waals surface area contributed by atoms with Crippen molar-refractivity contribution in [2.75, 3.05) is 0 Å². The Hall–Kier alpha value is -0.680. The SMILES string of the molecule is CC1CCC(NC(=O)c2nnc(Cl)s2)C1C. The zero-order valence-corrected chi connectivity index (χ0v) is 10.8. The van der Waals surface area contributed by atoms with Crippen molar-refractivity contribution in [2.45, 2.75) is 32.7 Å². The van der Waals surface area contributed by atoms with Gasteiger partial charge in [0, 0.05) is 6.04 Å². The molecule has 0 bridgehead atoms. The summed E-state index contributed by atoms with van der Waals surface area (Å²) in [7, 11) is 0. The molecule has 1 saturated carbocycles. The smallest absolute Gasteiger partial charge is 0.282 e. The molecule has 16 heavy (non-hydrogen) atoms. The second-order valence-electron chi connectivity index (χ2n) is 4.35. The Kier molecular flexibility index (Phi) is 3.44. The van der Waals surface area contributed by atoms with Crippen molar-refractivity contribution in [3.05, 3.63) is 9.47 Å². The zero-order valence-electron chi connectivity index (χ0n) is 9.24. The van der Waals surface area contributed by atoms with E-state index >= 15 is 0 Å². The third-order valence-electron chi connectivity index (χ3n) is 3.38. The number of carbonyl (C=O) groups is 1. The molecule has 0 spiro atoms. The van der Waals surface area contributed by atoms with Crippen LogP contribution in [0.4, 0.5) is 0 Å². The van der Waals surface area contributed by atoms with Crippen LogP contribution in [0.1, 0.15) is 36.5 Å². The van der Waals surface area contributed by atoms with Crippen LogP contribution < -0.4 is 5.32 Å². The lowest BCUT2D eigenvalue weighted by molar-refractivity contribution is 0.0926. The number of rotatable bonds is 2. The van der Waals surface area contributed by atoms with E-state index in [2.05, 4.69) is 29.4 Å². The number of nitrogens with one attached hydrogen (secondary N) is 1. The summed E-state index contributed by atoms with van der Waals surface area (Å²) >= 11 is 6.75. The first-order valence-corrected chi connectivity index (χ1v) is 6.57. The summed E-state index contributed by atoms with van der Waals surface area (Å²) < 4.78 is 0.304. The second kappa shape index (κ2) is 4.67. The summed E-state index contributed by atoms with van der Waals surface area (Å²) in [5.41, 5.74) is 0. The number of aromatic nitrogens is 2. The maximum absolute atomic E-state index is 11.8. The molecule has 1 fully saturated rings. The van der Waals surface area contributed by atoms with Crippen molar-refractivity contribution in [3.63, 3.8) is 0 Å². The van der Waals surface area contributed by atoms with Gasteiger partial charge in [-0.25, -0.2) is 0 Å². The van der Waals surface area contributed by atoms with Crippen molar-refractivity contribution in [1.82, 2.24) is 15.5 Å². The van der Waals surface area contributed by atoms with Crippen LogP contribution in [-0.4, -0.2) is 22.1 Å². The van der Waals surface area contributed by atoms with Gasteiger partial charge in [-0.1, -0.05) is 25.2 Å². The van der Waals surface area contributed by atoms with E-state index in [1.807, 2.05) is 0 Å². The number of amides is 1. The summed E-state index contributed by atoms with van der Waals surface area (Å²) in [6.45, 7) is 4.40. The molecule has 3 unspecified atom stereocenters. The van der Waals surface area contributed by atoms with Gasteiger partial charge in [0.05, 0.1) is 0 Å². The van der Waals surface area contributed by atoms with E-state index in [-0.39, 0.29) is 11.9 Å². The molecule has 88 valence electrons. The summed E-state index contributed by atoms with van der Waals surface area (Å²) in [6.07, 6.45) is 2.21. The van der Waals surface area contributed by atoms with E-state index in [4.69, 9.17) is 11.6 Å². The highest BCUT2D eigenvalue weighted by atomic mass is 35.5. The maximum Gasteiger partial charge on any atom is 0.282 e. The lowest BCUT2D eigenvalue weighted by Crippen LogP contribution is -2.37. The molecule has 1 heterocycles. The van der Waals surface area contributed by atoms with Crippen LogP contribution in [0.5, 0.6) is 0 Å². The van der Waals surface area contributed by atoms with E-state index < -0.39 is 0 Å². The minimum Gasteiger partial charge on any atom is -0.347 e. The highest BCUT2D eigenvalue weighted by molar-refractivity contribution is 7.17. The number of carbonyl (C=O) groups excluding carboxylic acids is 1. The average Bonchev–Trinajstić information content (AvgIpc) is 2.79. The molecule has 1 aliphatic carbocycles. The summed E-state index contributed by atoms with van der Waals surface area (Å²) in [6, 6.07) is 0.255. The number of hydrogen-bond donors (Lipinski definition) is 1. The monoisotopic (exact) mass is 259 g/mol. The van der Waals surface area contributed by atoms with Crippen molar-refractivity contribution in [2.24, 2.45) is 11.8 Å². The van der Waals surface area contributed by atoms with Crippen molar-refractivity contribution < 1.29 is 4.79 Å². The third-order valence-corrected chi connectivity index (χ3v) is 4.39.